The summed E-state index contributed by atoms with van der Waals surface area (Å²) >= 11 is 0. The Balaban J connectivity index is 1.61. The van der Waals surface area contributed by atoms with Crippen LogP contribution in [0.5, 0.6) is 0 Å². The van der Waals surface area contributed by atoms with Crippen LogP contribution in [-0.4, -0.2) is 55.8 Å². The number of benzene rings is 2. The SMILES string of the molecule is CCN1CC[C@@]2(C(=O)Nc3ccccc3)CCN(S(=O)(=O)c3cccc(F)c3)CC[C@H]12. The second kappa shape index (κ2) is 8.68. The molecule has 2 heterocycles. The molecule has 6 nitrogen and oxygen atoms in total. The Morgan fingerprint density at radius 3 is 2.55 bits per heavy atom. The van der Waals surface area contributed by atoms with E-state index >= 15 is 0 Å². The molecular formula is C23H28FN3O3S. The predicted octanol–water partition coefficient (Wildman–Crippen LogP) is 3.33. The van der Waals surface area contributed by atoms with Gasteiger partial charge in [-0.3, -0.25) is 9.69 Å². The van der Waals surface area contributed by atoms with Gasteiger partial charge in [0.05, 0.1) is 10.3 Å². The third kappa shape index (κ3) is 4.12. The standard InChI is InChI=1S/C23H28FN3O3S/c1-2-26-15-12-23(22(28)25-19-8-4-3-5-9-19)13-16-27(14-11-21(23)26)31(29,30)20-10-6-7-18(24)17-20/h3-10,17,21H,2,11-16H2,1H3,(H,25,28)/t21-,23+/m0/s1. The minimum atomic E-state index is -3.83. The van der Waals surface area contributed by atoms with Gasteiger partial charge >= 0.3 is 0 Å². The Morgan fingerprint density at radius 1 is 1.10 bits per heavy atom. The molecule has 2 saturated heterocycles. The number of hydrogen-bond donors (Lipinski definition) is 1. The third-order valence-electron chi connectivity index (χ3n) is 6.71. The van der Waals surface area contributed by atoms with E-state index in [-0.39, 0.29) is 23.4 Å². The number of halogens is 1. The average molecular weight is 446 g/mol. The van der Waals surface area contributed by atoms with Gasteiger partial charge in [-0.1, -0.05) is 31.2 Å². The highest BCUT2D eigenvalue weighted by molar-refractivity contribution is 7.89. The molecule has 2 aliphatic heterocycles. The van der Waals surface area contributed by atoms with Gasteiger partial charge < -0.3 is 5.32 Å². The van der Waals surface area contributed by atoms with Crippen molar-refractivity contribution >= 4 is 21.6 Å². The number of anilines is 1. The Bertz CT molecular complexity index is 1050. The van der Waals surface area contributed by atoms with Crippen molar-refractivity contribution in [1.29, 1.82) is 0 Å². The van der Waals surface area contributed by atoms with Crippen molar-refractivity contribution < 1.29 is 17.6 Å². The molecule has 31 heavy (non-hydrogen) atoms. The lowest BCUT2D eigenvalue weighted by Gasteiger charge is -2.35. The van der Waals surface area contributed by atoms with Crippen LogP contribution in [0, 0.1) is 11.2 Å². The molecule has 2 fully saturated rings. The van der Waals surface area contributed by atoms with Gasteiger partial charge in [-0.2, -0.15) is 4.31 Å². The Morgan fingerprint density at radius 2 is 1.84 bits per heavy atom. The second-order valence-electron chi connectivity index (χ2n) is 8.27. The normalized spacial score (nSPS) is 25.0. The maximum atomic E-state index is 13.7. The summed E-state index contributed by atoms with van der Waals surface area (Å²) in [5.41, 5.74) is 0.0852. The van der Waals surface area contributed by atoms with E-state index in [2.05, 4.69) is 17.1 Å². The van der Waals surface area contributed by atoms with E-state index in [1.165, 1.54) is 22.5 Å². The van der Waals surface area contributed by atoms with Crippen LogP contribution in [0.1, 0.15) is 26.2 Å². The lowest BCUT2D eigenvalue weighted by atomic mass is 9.75. The fourth-order valence-electron chi connectivity index (χ4n) is 5.02. The zero-order chi connectivity index (χ0) is 22.1. The number of nitrogens with one attached hydrogen (secondary N) is 1. The van der Waals surface area contributed by atoms with Crippen LogP contribution in [0.3, 0.4) is 0 Å². The molecule has 2 aromatic carbocycles. The summed E-state index contributed by atoms with van der Waals surface area (Å²) in [6.45, 7) is 4.23. The molecule has 0 saturated carbocycles. The van der Waals surface area contributed by atoms with E-state index < -0.39 is 21.3 Å². The maximum absolute atomic E-state index is 13.7. The molecule has 1 N–H and O–H groups in total. The highest BCUT2D eigenvalue weighted by atomic mass is 32.2. The van der Waals surface area contributed by atoms with Crippen molar-refractivity contribution in [3.8, 4) is 0 Å². The van der Waals surface area contributed by atoms with Gasteiger partial charge in [0.2, 0.25) is 15.9 Å². The van der Waals surface area contributed by atoms with Gasteiger partial charge in [0.25, 0.3) is 0 Å². The van der Waals surface area contributed by atoms with E-state index in [4.69, 9.17) is 0 Å². The van der Waals surface area contributed by atoms with E-state index in [9.17, 15) is 17.6 Å². The highest BCUT2D eigenvalue weighted by Crippen LogP contribution is 2.45. The van der Waals surface area contributed by atoms with Crippen LogP contribution in [0.25, 0.3) is 0 Å². The molecule has 2 aromatic rings. The largest absolute Gasteiger partial charge is 0.326 e. The van der Waals surface area contributed by atoms with Crippen molar-refractivity contribution in [2.24, 2.45) is 5.41 Å². The molecule has 2 atom stereocenters. The molecule has 1 amide bonds. The number of sulfonamides is 1. The van der Waals surface area contributed by atoms with Gasteiger partial charge in [-0.25, -0.2) is 12.8 Å². The summed E-state index contributed by atoms with van der Waals surface area (Å²) in [7, 11) is -3.83. The molecule has 0 spiro atoms. The lowest BCUT2D eigenvalue weighted by molar-refractivity contribution is -0.127. The number of nitrogens with zero attached hydrogens (tertiary/aromatic N) is 2. The Labute approximate surface area is 183 Å². The van der Waals surface area contributed by atoms with Gasteiger partial charge in [0.15, 0.2) is 0 Å². The van der Waals surface area contributed by atoms with Crippen LogP contribution in [-0.2, 0) is 14.8 Å². The van der Waals surface area contributed by atoms with Crippen molar-refractivity contribution in [3.05, 3.63) is 60.4 Å². The van der Waals surface area contributed by atoms with E-state index in [1.54, 1.807) is 0 Å². The topological polar surface area (TPSA) is 69.7 Å². The second-order valence-corrected chi connectivity index (χ2v) is 10.2. The monoisotopic (exact) mass is 445 g/mol. The Hall–Kier alpha value is -2.29. The van der Waals surface area contributed by atoms with E-state index in [0.29, 0.717) is 25.8 Å². The van der Waals surface area contributed by atoms with Crippen molar-refractivity contribution in [2.45, 2.75) is 37.1 Å². The van der Waals surface area contributed by atoms with Gasteiger partial charge in [-0.15, -0.1) is 0 Å². The fourth-order valence-corrected chi connectivity index (χ4v) is 6.51. The number of rotatable bonds is 5. The molecule has 0 aromatic heterocycles. The Kier molecular flexibility index (Phi) is 6.14. The first-order valence-corrected chi connectivity index (χ1v) is 12.2. The summed E-state index contributed by atoms with van der Waals surface area (Å²) in [6.07, 6.45) is 1.68. The first-order valence-electron chi connectivity index (χ1n) is 10.7. The van der Waals surface area contributed by atoms with Gasteiger partial charge in [-0.05, 0) is 62.7 Å². The molecular weight excluding hydrogens is 417 g/mol. The summed E-state index contributed by atoms with van der Waals surface area (Å²) in [5, 5.41) is 3.06. The van der Waals surface area contributed by atoms with Crippen LogP contribution in [0.15, 0.2) is 59.5 Å². The molecule has 8 heteroatoms. The molecule has 0 radical (unpaired) electrons. The third-order valence-corrected chi connectivity index (χ3v) is 8.60. The maximum Gasteiger partial charge on any atom is 0.243 e. The van der Waals surface area contributed by atoms with Crippen LogP contribution in [0.2, 0.25) is 0 Å². The van der Waals surface area contributed by atoms with E-state index in [0.717, 1.165) is 24.8 Å². The molecule has 0 unspecified atom stereocenters. The number of carbonyl (C=O) groups is 1. The first-order chi connectivity index (χ1) is 14.9. The van der Waals surface area contributed by atoms with Crippen LogP contribution in [0.4, 0.5) is 10.1 Å². The quantitative estimate of drug-likeness (QED) is 0.767. The van der Waals surface area contributed by atoms with Gasteiger partial charge in [0, 0.05) is 24.8 Å². The number of carbonyl (C=O) groups excluding carboxylic acids is 1. The van der Waals surface area contributed by atoms with Gasteiger partial charge in [0.1, 0.15) is 5.82 Å². The number of amides is 1. The summed E-state index contributed by atoms with van der Waals surface area (Å²) in [6, 6.07) is 14.4. The van der Waals surface area contributed by atoms with Crippen molar-refractivity contribution in [1.82, 2.24) is 9.21 Å². The first kappa shape index (κ1) is 21.9. The number of fused-ring (bicyclic) bond motifs is 1. The van der Waals surface area contributed by atoms with Crippen LogP contribution >= 0.6 is 0 Å². The lowest BCUT2D eigenvalue weighted by Crippen LogP contribution is -2.47. The van der Waals surface area contributed by atoms with Crippen molar-refractivity contribution in [3.63, 3.8) is 0 Å². The average Bonchev–Trinajstić information content (AvgIpc) is 3.01. The number of hydrogen-bond acceptors (Lipinski definition) is 4. The number of para-hydroxylation sites is 1. The van der Waals surface area contributed by atoms with Crippen LogP contribution < -0.4 is 5.32 Å². The summed E-state index contributed by atoms with van der Waals surface area (Å²) in [4.78, 5) is 15.7. The summed E-state index contributed by atoms with van der Waals surface area (Å²) < 4.78 is 41.4. The predicted molar refractivity (Wildman–Crippen MR) is 118 cm³/mol. The molecule has 4 rings (SSSR count). The molecule has 0 aliphatic carbocycles. The zero-order valence-electron chi connectivity index (χ0n) is 17.6. The van der Waals surface area contributed by atoms with Crippen molar-refractivity contribution in [2.75, 3.05) is 31.5 Å². The fraction of sp³-hybridized carbons (Fsp3) is 0.435. The highest BCUT2D eigenvalue weighted by Gasteiger charge is 2.53. The molecule has 0 bridgehead atoms. The van der Waals surface area contributed by atoms with E-state index in [1.807, 2.05) is 30.3 Å². The minimum Gasteiger partial charge on any atom is -0.326 e. The number of likely N-dealkylation sites (tertiary alicyclic amines) is 1. The smallest absolute Gasteiger partial charge is 0.243 e. The minimum absolute atomic E-state index is 0.0334. The summed E-state index contributed by atoms with van der Waals surface area (Å²) in [5.74, 6) is -0.631. The zero-order valence-corrected chi connectivity index (χ0v) is 18.4. The molecule has 166 valence electrons. The molecule has 2 aliphatic rings.